The molecule has 35 heavy (non-hydrogen) atoms. The number of hydrogen-bond donors (Lipinski definition) is 1. The van der Waals surface area contributed by atoms with Crippen molar-refractivity contribution in [2.75, 3.05) is 12.4 Å². The molecule has 2 aliphatic rings. The molecule has 3 atom stereocenters. The maximum atomic E-state index is 13.6. The molecule has 2 bridgehead atoms. The van der Waals surface area contributed by atoms with Crippen molar-refractivity contribution >= 4 is 11.7 Å². The van der Waals surface area contributed by atoms with Crippen LogP contribution in [0.5, 0.6) is 0 Å². The Morgan fingerprint density at radius 3 is 2.80 bits per heavy atom. The predicted molar refractivity (Wildman–Crippen MR) is 116 cm³/mol. The fourth-order valence-corrected chi connectivity index (χ4v) is 5.27. The SMILES string of the molecule is COCc1nnc(C23C[C@H](C)C[C@H](C2)N3C(=O)Nc2ccc(C(F)(F)F)c(-c3ncn(C)n3)c2)o1. The van der Waals surface area contributed by atoms with E-state index in [1.54, 1.807) is 11.9 Å². The Morgan fingerprint density at radius 1 is 1.31 bits per heavy atom. The lowest BCUT2D eigenvalue weighted by molar-refractivity contribution is -0.137. The van der Waals surface area contributed by atoms with E-state index in [1.807, 2.05) is 0 Å². The number of urea groups is 1. The van der Waals surface area contributed by atoms with E-state index in [-0.39, 0.29) is 29.7 Å². The van der Waals surface area contributed by atoms with Gasteiger partial charge in [0.05, 0.1) is 5.56 Å². The number of halogens is 3. The van der Waals surface area contributed by atoms with E-state index in [0.29, 0.717) is 30.5 Å². The van der Waals surface area contributed by atoms with Gasteiger partial charge in [0.25, 0.3) is 0 Å². The number of methoxy groups -OCH3 is 1. The lowest BCUT2D eigenvalue weighted by Gasteiger charge is -2.61. The average Bonchev–Trinajstić information content (AvgIpc) is 3.42. The number of carbonyl (C=O) groups is 1. The van der Waals surface area contributed by atoms with Crippen molar-refractivity contribution in [2.45, 2.75) is 50.6 Å². The minimum absolute atomic E-state index is 0.0390. The second kappa shape index (κ2) is 8.33. The Labute approximate surface area is 198 Å². The van der Waals surface area contributed by atoms with E-state index in [4.69, 9.17) is 9.15 Å². The summed E-state index contributed by atoms with van der Waals surface area (Å²) in [5.74, 6) is 0.907. The van der Waals surface area contributed by atoms with Crippen molar-refractivity contribution in [3.63, 3.8) is 0 Å². The highest BCUT2D eigenvalue weighted by Crippen LogP contribution is 2.55. The molecule has 2 aromatic heterocycles. The van der Waals surface area contributed by atoms with E-state index in [9.17, 15) is 18.0 Å². The molecular weight excluding hydrogens is 467 g/mol. The molecule has 1 unspecified atom stereocenters. The highest BCUT2D eigenvalue weighted by atomic mass is 19.4. The van der Waals surface area contributed by atoms with Gasteiger partial charge < -0.3 is 19.4 Å². The third-order valence-electron chi connectivity index (χ3n) is 6.53. The summed E-state index contributed by atoms with van der Waals surface area (Å²) in [5, 5.41) is 14.9. The van der Waals surface area contributed by atoms with Crippen LogP contribution in [0.3, 0.4) is 0 Å². The van der Waals surface area contributed by atoms with Gasteiger partial charge in [0.1, 0.15) is 18.5 Å². The van der Waals surface area contributed by atoms with Crippen molar-refractivity contribution in [1.29, 1.82) is 0 Å². The van der Waals surface area contributed by atoms with Crippen molar-refractivity contribution < 1.29 is 27.1 Å². The fourth-order valence-electron chi connectivity index (χ4n) is 5.27. The van der Waals surface area contributed by atoms with E-state index < -0.39 is 23.3 Å². The first-order chi connectivity index (χ1) is 16.6. The molecule has 10 nitrogen and oxygen atoms in total. The highest BCUT2D eigenvalue weighted by Gasteiger charge is 2.62. The number of ether oxygens (including phenoxy) is 1. The monoisotopic (exact) mass is 491 g/mol. The van der Waals surface area contributed by atoms with Gasteiger partial charge >= 0.3 is 12.2 Å². The third-order valence-corrected chi connectivity index (χ3v) is 6.53. The number of piperidine rings is 1. The maximum absolute atomic E-state index is 13.6. The number of benzene rings is 1. The molecule has 2 fully saturated rings. The van der Waals surface area contributed by atoms with Gasteiger partial charge in [-0.15, -0.1) is 10.2 Å². The Morgan fingerprint density at radius 2 is 2.11 bits per heavy atom. The standard InChI is InChI=1S/C22H24F3N7O3/c1-12-6-14-9-21(8-12,19-29-28-17(35-19)10-34-3)32(14)20(33)27-13-4-5-16(22(23,24)25)15(7-13)18-26-11-31(2)30-18/h4-5,7,11-12,14H,6,8-10H2,1-3H3,(H,27,33)/t12-,14-,21?/m1/s1. The number of anilines is 1. The first-order valence-electron chi connectivity index (χ1n) is 11.1. The average molecular weight is 491 g/mol. The molecule has 186 valence electrons. The van der Waals surface area contributed by atoms with Gasteiger partial charge in [-0.2, -0.15) is 18.3 Å². The number of hydrogen-bond acceptors (Lipinski definition) is 7. The fraction of sp³-hybridized carbons (Fsp3) is 0.500. The summed E-state index contributed by atoms with van der Waals surface area (Å²) in [4.78, 5) is 19.0. The van der Waals surface area contributed by atoms with E-state index in [0.717, 1.165) is 12.5 Å². The minimum atomic E-state index is -4.61. The second-order valence-electron chi connectivity index (χ2n) is 9.17. The van der Waals surface area contributed by atoms with Crippen LogP contribution in [0.1, 0.15) is 43.5 Å². The zero-order chi connectivity index (χ0) is 25.0. The number of nitrogens with one attached hydrogen (secondary N) is 1. The topological polar surface area (TPSA) is 111 Å². The van der Waals surface area contributed by atoms with E-state index in [2.05, 4.69) is 32.5 Å². The van der Waals surface area contributed by atoms with Crippen molar-refractivity contribution in [1.82, 2.24) is 29.9 Å². The predicted octanol–water partition coefficient (Wildman–Crippen LogP) is 3.96. The van der Waals surface area contributed by atoms with Crippen LogP contribution in [-0.2, 0) is 30.1 Å². The molecule has 1 N–H and O–H groups in total. The van der Waals surface area contributed by atoms with Gasteiger partial charge in [0, 0.05) is 37.9 Å². The van der Waals surface area contributed by atoms with Gasteiger partial charge in [0.15, 0.2) is 5.82 Å². The summed E-state index contributed by atoms with van der Waals surface area (Å²) in [6, 6.07) is 2.90. The number of aryl methyl sites for hydroxylation is 1. The Kier molecular flexibility index (Phi) is 5.54. The van der Waals surface area contributed by atoms with Crippen molar-refractivity contribution in [3.8, 4) is 11.4 Å². The number of alkyl halides is 3. The second-order valence-corrected chi connectivity index (χ2v) is 9.17. The first kappa shape index (κ1) is 23.3. The van der Waals surface area contributed by atoms with Crippen LogP contribution in [0.2, 0.25) is 0 Å². The molecule has 3 aromatic rings. The summed E-state index contributed by atoms with van der Waals surface area (Å²) < 4.78 is 53.0. The number of nitrogens with zero attached hydrogens (tertiary/aromatic N) is 6. The van der Waals surface area contributed by atoms with Crippen molar-refractivity contribution in [3.05, 3.63) is 41.9 Å². The van der Waals surface area contributed by atoms with Gasteiger partial charge in [-0.1, -0.05) is 6.92 Å². The summed E-state index contributed by atoms with van der Waals surface area (Å²) in [6.45, 7) is 2.26. The quantitative estimate of drug-likeness (QED) is 0.575. The number of carbonyl (C=O) groups excluding carboxylic acids is 1. The van der Waals surface area contributed by atoms with Gasteiger partial charge in [-0.25, -0.2) is 9.78 Å². The normalized spacial score (nSPS) is 23.8. The van der Waals surface area contributed by atoms with E-state index in [1.165, 1.54) is 30.3 Å². The number of rotatable bonds is 5. The number of fused-ring (bicyclic) bond motifs is 2. The van der Waals surface area contributed by atoms with Gasteiger partial charge in [-0.05, 0) is 37.0 Å². The molecule has 3 heterocycles. The zero-order valence-electron chi connectivity index (χ0n) is 19.3. The minimum Gasteiger partial charge on any atom is -0.420 e. The lowest BCUT2D eigenvalue weighted by Crippen LogP contribution is -2.70. The van der Waals surface area contributed by atoms with Crippen LogP contribution in [0.4, 0.5) is 23.7 Å². The molecule has 13 heteroatoms. The van der Waals surface area contributed by atoms with Crippen LogP contribution in [-0.4, -0.2) is 49.0 Å². The number of amides is 2. The Bertz CT molecular complexity index is 1260. The molecular formula is C22H24F3N7O3. The number of likely N-dealkylation sites (tertiary alicyclic amines) is 1. The molecule has 0 radical (unpaired) electrons. The van der Waals surface area contributed by atoms with Crippen LogP contribution >= 0.6 is 0 Å². The van der Waals surface area contributed by atoms with Gasteiger partial charge in [-0.3, -0.25) is 4.68 Å². The van der Waals surface area contributed by atoms with Crippen LogP contribution < -0.4 is 5.32 Å². The third kappa shape index (κ3) is 4.03. The molecule has 1 saturated carbocycles. The number of aromatic nitrogens is 5. The van der Waals surface area contributed by atoms with Crippen LogP contribution in [0.25, 0.3) is 11.4 Å². The summed E-state index contributed by atoms with van der Waals surface area (Å²) in [5.41, 5.74) is -1.67. The molecule has 5 rings (SSSR count). The summed E-state index contributed by atoms with van der Waals surface area (Å²) in [7, 11) is 3.08. The molecule has 2 amide bonds. The van der Waals surface area contributed by atoms with Crippen LogP contribution in [0, 0.1) is 5.92 Å². The smallest absolute Gasteiger partial charge is 0.417 e. The maximum Gasteiger partial charge on any atom is 0.417 e. The highest BCUT2D eigenvalue weighted by molar-refractivity contribution is 5.92. The molecule has 1 aromatic carbocycles. The van der Waals surface area contributed by atoms with E-state index >= 15 is 0 Å². The molecule has 0 spiro atoms. The summed E-state index contributed by atoms with van der Waals surface area (Å²) in [6.07, 6.45) is -1.17. The molecule has 1 aliphatic heterocycles. The van der Waals surface area contributed by atoms with Gasteiger partial charge in [0.2, 0.25) is 11.8 Å². The molecule has 1 saturated heterocycles. The largest absolute Gasteiger partial charge is 0.420 e. The summed E-state index contributed by atoms with van der Waals surface area (Å²) >= 11 is 0. The lowest BCUT2D eigenvalue weighted by atomic mass is 9.64. The molecule has 1 aliphatic carbocycles. The Balaban J connectivity index is 1.45. The first-order valence-corrected chi connectivity index (χ1v) is 11.1. The zero-order valence-corrected chi connectivity index (χ0v) is 19.3. The van der Waals surface area contributed by atoms with Crippen molar-refractivity contribution in [2.24, 2.45) is 13.0 Å². The van der Waals surface area contributed by atoms with Crippen LogP contribution in [0.15, 0.2) is 28.9 Å². The Hall–Kier alpha value is -3.48.